The number of ether oxygens (including phenoxy) is 1. The van der Waals surface area contributed by atoms with Gasteiger partial charge in [-0.1, -0.05) is 29.8 Å². The van der Waals surface area contributed by atoms with Gasteiger partial charge in [-0.15, -0.1) is 11.3 Å². The predicted octanol–water partition coefficient (Wildman–Crippen LogP) is 2.18. The first-order valence-corrected chi connectivity index (χ1v) is 10.9. The van der Waals surface area contributed by atoms with Crippen LogP contribution in [0.5, 0.6) is 0 Å². The summed E-state index contributed by atoms with van der Waals surface area (Å²) < 4.78 is 27.9. The lowest BCUT2D eigenvalue weighted by molar-refractivity contribution is -0.124. The number of amides is 1. The number of sulfone groups is 1. The average molecular weight is 393 g/mol. The monoisotopic (exact) mass is 393 g/mol. The minimum atomic E-state index is -3.07. The normalized spacial score (nSPS) is 18.4. The molecular formula is C18H19NO5S2. The molecule has 1 aliphatic heterocycles. The SMILES string of the molecule is Cc1ccc(-c2ccsc2C(=O)OCC(=O)N[C@@H]2CCS(=O)(=O)C2)cc1. The summed E-state index contributed by atoms with van der Waals surface area (Å²) in [4.78, 5) is 24.7. The molecule has 0 radical (unpaired) electrons. The van der Waals surface area contributed by atoms with Crippen LogP contribution < -0.4 is 5.32 Å². The first-order valence-electron chi connectivity index (χ1n) is 8.15. The fraction of sp³-hybridized carbons (Fsp3) is 0.333. The third kappa shape index (κ3) is 4.50. The van der Waals surface area contributed by atoms with Crippen molar-refractivity contribution >= 4 is 33.1 Å². The van der Waals surface area contributed by atoms with Gasteiger partial charge in [-0.2, -0.15) is 0 Å². The highest BCUT2D eigenvalue weighted by Gasteiger charge is 2.29. The van der Waals surface area contributed by atoms with Gasteiger partial charge in [-0.25, -0.2) is 13.2 Å². The van der Waals surface area contributed by atoms with Crippen LogP contribution in [0.2, 0.25) is 0 Å². The Morgan fingerprint density at radius 3 is 2.62 bits per heavy atom. The molecule has 1 aromatic carbocycles. The largest absolute Gasteiger partial charge is 0.451 e. The van der Waals surface area contributed by atoms with E-state index in [0.29, 0.717) is 11.3 Å². The Labute approximate surface area is 156 Å². The lowest BCUT2D eigenvalue weighted by atomic mass is 10.1. The highest BCUT2D eigenvalue weighted by Crippen LogP contribution is 2.29. The van der Waals surface area contributed by atoms with Crippen molar-refractivity contribution in [3.8, 4) is 11.1 Å². The van der Waals surface area contributed by atoms with Crippen molar-refractivity contribution in [3.63, 3.8) is 0 Å². The molecule has 3 rings (SSSR count). The van der Waals surface area contributed by atoms with Crippen molar-refractivity contribution in [2.75, 3.05) is 18.1 Å². The molecule has 6 nitrogen and oxygen atoms in total. The summed E-state index contributed by atoms with van der Waals surface area (Å²) in [6.07, 6.45) is 0.393. The number of hydrogen-bond acceptors (Lipinski definition) is 6. The molecule has 0 aliphatic carbocycles. The molecule has 0 saturated carbocycles. The van der Waals surface area contributed by atoms with E-state index in [9.17, 15) is 18.0 Å². The molecule has 1 saturated heterocycles. The molecule has 0 unspecified atom stereocenters. The van der Waals surface area contributed by atoms with Crippen LogP contribution in [0.1, 0.15) is 21.7 Å². The number of aryl methyl sites for hydroxylation is 1. The molecule has 138 valence electrons. The first kappa shape index (κ1) is 18.6. The van der Waals surface area contributed by atoms with E-state index in [1.54, 1.807) is 5.38 Å². The Bertz CT molecular complexity index is 915. The number of carbonyl (C=O) groups is 2. The van der Waals surface area contributed by atoms with Gasteiger partial charge < -0.3 is 10.1 Å². The third-order valence-corrected chi connectivity index (χ3v) is 6.81. The molecule has 0 bridgehead atoms. The lowest BCUT2D eigenvalue weighted by Gasteiger charge is -2.11. The Morgan fingerprint density at radius 2 is 1.96 bits per heavy atom. The quantitative estimate of drug-likeness (QED) is 0.787. The zero-order valence-corrected chi connectivity index (χ0v) is 15.9. The van der Waals surface area contributed by atoms with Crippen LogP contribution >= 0.6 is 11.3 Å². The van der Waals surface area contributed by atoms with E-state index in [1.165, 1.54) is 11.3 Å². The van der Waals surface area contributed by atoms with Crippen molar-refractivity contribution in [2.45, 2.75) is 19.4 Å². The minimum absolute atomic E-state index is 0.0603. The van der Waals surface area contributed by atoms with E-state index in [1.807, 2.05) is 37.3 Å². The lowest BCUT2D eigenvalue weighted by Crippen LogP contribution is -2.38. The van der Waals surface area contributed by atoms with Gasteiger partial charge in [0.1, 0.15) is 4.88 Å². The van der Waals surface area contributed by atoms with Crippen molar-refractivity contribution < 1.29 is 22.7 Å². The predicted molar refractivity (Wildman–Crippen MR) is 100.0 cm³/mol. The number of carbonyl (C=O) groups excluding carboxylic acids is 2. The van der Waals surface area contributed by atoms with Gasteiger partial charge in [0, 0.05) is 11.6 Å². The van der Waals surface area contributed by atoms with E-state index in [-0.39, 0.29) is 11.5 Å². The van der Waals surface area contributed by atoms with Crippen molar-refractivity contribution in [1.82, 2.24) is 5.32 Å². The van der Waals surface area contributed by atoms with E-state index in [0.717, 1.165) is 16.7 Å². The highest BCUT2D eigenvalue weighted by molar-refractivity contribution is 7.91. The van der Waals surface area contributed by atoms with Gasteiger partial charge in [-0.05, 0) is 30.4 Å². The molecule has 26 heavy (non-hydrogen) atoms. The summed E-state index contributed by atoms with van der Waals surface area (Å²) >= 11 is 1.26. The van der Waals surface area contributed by atoms with Crippen LogP contribution in [0.25, 0.3) is 11.1 Å². The van der Waals surface area contributed by atoms with Crippen molar-refractivity contribution in [3.05, 3.63) is 46.2 Å². The highest BCUT2D eigenvalue weighted by atomic mass is 32.2. The molecule has 1 fully saturated rings. The Balaban J connectivity index is 1.58. The topological polar surface area (TPSA) is 89.5 Å². The number of esters is 1. The molecule has 1 atom stereocenters. The van der Waals surface area contributed by atoms with Crippen LogP contribution in [-0.2, 0) is 19.4 Å². The first-order chi connectivity index (χ1) is 12.3. The molecule has 1 N–H and O–H groups in total. The summed E-state index contributed by atoms with van der Waals surface area (Å²) in [6.45, 7) is 1.56. The van der Waals surface area contributed by atoms with Crippen LogP contribution in [0, 0.1) is 6.92 Å². The van der Waals surface area contributed by atoms with Crippen LogP contribution in [-0.4, -0.2) is 44.4 Å². The van der Waals surface area contributed by atoms with Gasteiger partial charge in [0.05, 0.1) is 11.5 Å². The maximum absolute atomic E-state index is 12.3. The van der Waals surface area contributed by atoms with Crippen molar-refractivity contribution in [1.29, 1.82) is 0 Å². The van der Waals surface area contributed by atoms with Crippen LogP contribution in [0.15, 0.2) is 35.7 Å². The maximum Gasteiger partial charge on any atom is 0.349 e. The fourth-order valence-electron chi connectivity index (χ4n) is 2.80. The van der Waals surface area contributed by atoms with Crippen LogP contribution in [0.4, 0.5) is 0 Å². The molecular weight excluding hydrogens is 374 g/mol. The fourth-order valence-corrected chi connectivity index (χ4v) is 5.28. The number of nitrogens with one attached hydrogen (secondary N) is 1. The summed E-state index contributed by atoms with van der Waals surface area (Å²) in [5.74, 6) is -1.04. The Kier molecular flexibility index (Phi) is 5.43. The minimum Gasteiger partial charge on any atom is -0.451 e. The Hall–Kier alpha value is -2.19. The maximum atomic E-state index is 12.3. The molecule has 8 heteroatoms. The summed E-state index contributed by atoms with van der Waals surface area (Å²) in [5, 5.41) is 4.40. The molecule has 1 aromatic heterocycles. The van der Waals surface area contributed by atoms with E-state index < -0.39 is 34.4 Å². The number of benzene rings is 1. The summed E-state index contributed by atoms with van der Waals surface area (Å²) in [7, 11) is -3.07. The smallest absolute Gasteiger partial charge is 0.349 e. The average Bonchev–Trinajstić information content (AvgIpc) is 3.20. The van der Waals surface area contributed by atoms with Gasteiger partial charge in [0.25, 0.3) is 5.91 Å². The molecule has 1 aliphatic rings. The second kappa shape index (κ2) is 7.59. The second-order valence-electron chi connectivity index (χ2n) is 6.27. The molecule has 2 aromatic rings. The van der Waals surface area contributed by atoms with Crippen molar-refractivity contribution in [2.24, 2.45) is 0 Å². The summed E-state index contributed by atoms with van der Waals surface area (Å²) in [6, 6.07) is 9.23. The molecule has 0 spiro atoms. The number of hydrogen-bond donors (Lipinski definition) is 1. The van der Waals surface area contributed by atoms with Gasteiger partial charge >= 0.3 is 5.97 Å². The number of thiophene rings is 1. The second-order valence-corrected chi connectivity index (χ2v) is 9.42. The number of rotatable bonds is 5. The summed E-state index contributed by atoms with van der Waals surface area (Å²) in [5.41, 5.74) is 2.80. The van der Waals surface area contributed by atoms with Gasteiger partial charge in [0.2, 0.25) is 0 Å². The van der Waals surface area contributed by atoms with E-state index in [2.05, 4.69) is 5.32 Å². The van der Waals surface area contributed by atoms with Gasteiger partial charge in [-0.3, -0.25) is 4.79 Å². The van der Waals surface area contributed by atoms with Gasteiger partial charge in [0.15, 0.2) is 16.4 Å². The zero-order chi connectivity index (χ0) is 18.7. The van der Waals surface area contributed by atoms with E-state index >= 15 is 0 Å². The third-order valence-electron chi connectivity index (χ3n) is 4.15. The van der Waals surface area contributed by atoms with Crippen LogP contribution in [0.3, 0.4) is 0 Å². The van der Waals surface area contributed by atoms with E-state index in [4.69, 9.17) is 4.74 Å². The standard InChI is InChI=1S/C18H19NO5S2/c1-12-2-4-13(5-3-12)15-6-8-25-17(15)18(21)24-10-16(20)19-14-7-9-26(22,23)11-14/h2-6,8,14H,7,9-11H2,1H3,(H,19,20)/t14-/m1/s1. The Morgan fingerprint density at radius 1 is 1.23 bits per heavy atom. The molecule has 1 amide bonds. The molecule has 2 heterocycles. The zero-order valence-electron chi connectivity index (χ0n) is 14.2.